The Labute approximate surface area is 121 Å². The monoisotopic (exact) mass is 324 g/mol. The summed E-state index contributed by atoms with van der Waals surface area (Å²) in [7, 11) is 1.22. The molecule has 1 aliphatic heterocycles. The predicted molar refractivity (Wildman–Crippen MR) is 74.0 cm³/mol. The molecule has 1 heterocycles. The van der Waals surface area contributed by atoms with E-state index < -0.39 is 19.1 Å². The Morgan fingerprint density at radius 3 is 3.00 bits per heavy atom. The van der Waals surface area contributed by atoms with Crippen LogP contribution in [0.2, 0.25) is 0 Å². The highest BCUT2D eigenvalue weighted by Gasteiger charge is 2.37. The van der Waals surface area contributed by atoms with Crippen molar-refractivity contribution in [2.75, 3.05) is 20.2 Å². The van der Waals surface area contributed by atoms with Crippen LogP contribution < -0.4 is 0 Å². The van der Waals surface area contributed by atoms with Gasteiger partial charge in [0.05, 0.1) is 6.10 Å². The number of likely N-dealkylation sites (tertiary alicyclic amines) is 1. The van der Waals surface area contributed by atoms with Crippen molar-refractivity contribution in [1.82, 2.24) is 4.90 Å². The molecule has 0 radical (unpaired) electrons. The predicted octanol–water partition coefficient (Wildman–Crippen LogP) is 0.876. The van der Waals surface area contributed by atoms with Gasteiger partial charge in [-0.25, -0.2) is 0 Å². The van der Waals surface area contributed by atoms with E-state index >= 15 is 0 Å². The molecule has 0 aromatic rings. The zero-order valence-corrected chi connectivity index (χ0v) is 12.7. The van der Waals surface area contributed by atoms with Gasteiger partial charge < -0.3 is 19.4 Å². The van der Waals surface area contributed by atoms with E-state index in [1.807, 2.05) is 0 Å². The van der Waals surface area contributed by atoms with Crippen molar-refractivity contribution in [3.8, 4) is 0 Å². The molecule has 2 N–H and O–H groups in total. The van der Waals surface area contributed by atoms with Crippen LogP contribution in [0, 0.1) is 0 Å². The topological polar surface area (TPSA) is 128 Å². The normalized spacial score (nSPS) is 25.1. The van der Waals surface area contributed by atoms with Crippen molar-refractivity contribution in [1.29, 1.82) is 0 Å². The molecule has 1 fully saturated rings. The second-order valence-corrected chi connectivity index (χ2v) is 7.10. The van der Waals surface area contributed by atoms with Gasteiger partial charge in [-0.3, -0.25) is 9.32 Å². The fraction of sp³-hybridized carbons (Fsp3) is 0.889. The van der Waals surface area contributed by atoms with Crippen LogP contribution in [0.25, 0.3) is 10.4 Å². The average Bonchev–Trinajstić information content (AvgIpc) is 2.74. The maximum Gasteiger partial charge on any atom is 0.326 e. The highest BCUT2D eigenvalue weighted by atomic mass is 32.5. The molecule has 0 saturated carbocycles. The first kappa shape index (κ1) is 17.3. The summed E-state index contributed by atoms with van der Waals surface area (Å²) < 4.78 is 9.86. The van der Waals surface area contributed by atoms with Crippen molar-refractivity contribution in [2.24, 2.45) is 5.11 Å². The van der Waals surface area contributed by atoms with Crippen LogP contribution in [0.15, 0.2) is 5.11 Å². The number of carbonyl (C=O) groups excluding carboxylic acids is 1. The molecule has 0 bridgehead atoms. The van der Waals surface area contributed by atoms with Crippen molar-refractivity contribution >= 4 is 24.4 Å². The van der Waals surface area contributed by atoms with Crippen molar-refractivity contribution in [3.63, 3.8) is 0 Å². The number of hydrogen-bond donors (Lipinski definition) is 2. The number of azide groups is 1. The molecule has 0 aromatic heterocycles. The molecule has 9 nitrogen and oxygen atoms in total. The Hall–Kier alpha value is -0.730. The molecule has 20 heavy (non-hydrogen) atoms. The van der Waals surface area contributed by atoms with Crippen molar-refractivity contribution in [2.45, 2.75) is 31.6 Å². The summed E-state index contributed by atoms with van der Waals surface area (Å²) in [6, 6.07) is 0. The van der Waals surface area contributed by atoms with Gasteiger partial charge in [-0.2, -0.15) is 0 Å². The highest BCUT2D eigenvalue weighted by molar-refractivity contribution is 8.07. The minimum absolute atomic E-state index is 0.115. The smallest absolute Gasteiger partial charge is 0.326 e. The molecular weight excluding hydrogens is 307 g/mol. The maximum atomic E-state index is 12.0. The van der Waals surface area contributed by atoms with Gasteiger partial charge >= 0.3 is 6.72 Å². The van der Waals surface area contributed by atoms with Crippen LogP contribution in [-0.2, 0) is 25.6 Å². The minimum atomic E-state index is -3.40. The zero-order chi connectivity index (χ0) is 15.2. The van der Waals surface area contributed by atoms with Gasteiger partial charge in [0.1, 0.15) is 6.23 Å². The molecule has 0 spiro atoms. The number of amides is 1. The minimum Gasteiger partial charge on any atom is -0.391 e. The maximum absolute atomic E-state index is 12.0. The SMILES string of the molecule is COP(O)(=S)O[C@H]1CC(O)CN1C(=O)CCCN=[N+]=[N-]. The standard InChI is InChI=1S/C9H17N4O5PS/c1-17-19(16,20)18-9-5-7(14)6-13(9)8(15)3-2-4-11-12-10/h7,9,14H,2-6H2,1H3,(H,16,20)/t7?,9-,19?/m0/s1. The van der Waals surface area contributed by atoms with Crippen LogP contribution in [0.5, 0.6) is 0 Å². The van der Waals surface area contributed by atoms with Gasteiger partial charge in [0.15, 0.2) is 0 Å². The van der Waals surface area contributed by atoms with Crippen LogP contribution >= 0.6 is 6.72 Å². The van der Waals surface area contributed by atoms with E-state index in [0.29, 0.717) is 6.42 Å². The molecule has 114 valence electrons. The fourth-order valence-electron chi connectivity index (χ4n) is 1.83. The first-order valence-electron chi connectivity index (χ1n) is 5.95. The van der Waals surface area contributed by atoms with E-state index in [4.69, 9.17) is 21.9 Å². The third-order valence-electron chi connectivity index (χ3n) is 2.75. The van der Waals surface area contributed by atoms with Crippen LogP contribution in [-0.4, -0.2) is 53.3 Å². The van der Waals surface area contributed by atoms with Crippen LogP contribution in [0.3, 0.4) is 0 Å². The lowest BCUT2D eigenvalue weighted by Gasteiger charge is -2.26. The third kappa shape index (κ3) is 5.34. The van der Waals surface area contributed by atoms with Crippen LogP contribution in [0.4, 0.5) is 0 Å². The van der Waals surface area contributed by atoms with E-state index in [-0.39, 0.29) is 31.8 Å². The molecule has 0 aromatic carbocycles. The largest absolute Gasteiger partial charge is 0.391 e. The summed E-state index contributed by atoms with van der Waals surface area (Å²) in [5.41, 5.74) is 8.13. The van der Waals surface area contributed by atoms with Crippen molar-refractivity contribution in [3.05, 3.63) is 10.4 Å². The summed E-state index contributed by atoms with van der Waals surface area (Å²) in [5.74, 6) is -0.259. The van der Waals surface area contributed by atoms with E-state index in [9.17, 15) is 14.8 Å². The van der Waals surface area contributed by atoms with E-state index in [1.54, 1.807) is 0 Å². The number of rotatable bonds is 7. The average molecular weight is 324 g/mol. The molecule has 11 heteroatoms. The quantitative estimate of drug-likeness (QED) is 0.235. The molecule has 1 saturated heterocycles. The Bertz CT molecular complexity index is 444. The lowest BCUT2D eigenvalue weighted by atomic mass is 10.3. The second-order valence-electron chi connectivity index (χ2n) is 4.20. The first-order valence-corrected chi connectivity index (χ1v) is 8.54. The molecule has 1 rings (SSSR count). The summed E-state index contributed by atoms with van der Waals surface area (Å²) in [4.78, 5) is 25.5. The summed E-state index contributed by atoms with van der Waals surface area (Å²) in [5, 5.41) is 12.9. The van der Waals surface area contributed by atoms with Gasteiger partial charge in [-0.15, -0.1) is 0 Å². The molecule has 1 amide bonds. The van der Waals surface area contributed by atoms with Gasteiger partial charge in [-0.1, -0.05) is 5.11 Å². The molecule has 3 atom stereocenters. The summed E-state index contributed by atoms with van der Waals surface area (Å²) >= 11 is 4.73. The number of aliphatic hydroxyl groups is 1. The number of carbonyl (C=O) groups is 1. The highest BCUT2D eigenvalue weighted by Crippen LogP contribution is 2.46. The number of aliphatic hydroxyl groups excluding tert-OH is 1. The Morgan fingerprint density at radius 2 is 2.40 bits per heavy atom. The number of β-amino-alcohol motifs (C(OH)–C–C–N with tert-alkyl or cyclic N) is 1. The number of hydrogen-bond acceptors (Lipinski definition) is 6. The molecular formula is C9H17N4O5PS. The fourth-order valence-corrected chi connectivity index (χ4v) is 2.72. The van der Waals surface area contributed by atoms with Crippen molar-refractivity contribution < 1.29 is 23.8 Å². The van der Waals surface area contributed by atoms with Gasteiger partial charge in [-0.05, 0) is 23.8 Å². The first-order chi connectivity index (χ1) is 9.39. The Morgan fingerprint density at radius 1 is 1.70 bits per heavy atom. The van der Waals surface area contributed by atoms with Crippen LogP contribution in [0.1, 0.15) is 19.3 Å². The molecule has 2 unspecified atom stereocenters. The summed E-state index contributed by atoms with van der Waals surface area (Å²) in [6.45, 7) is -3.06. The van der Waals surface area contributed by atoms with E-state index in [0.717, 1.165) is 0 Å². The second kappa shape index (κ2) is 7.90. The van der Waals surface area contributed by atoms with E-state index in [2.05, 4.69) is 14.5 Å². The van der Waals surface area contributed by atoms with Gasteiger partial charge in [0, 0.05) is 38.0 Å². The van der Waals surface area contributed by atoms with Gasteiger partial charge in [0.2, 0.25) is 5.91 Å². The number of nitrogens with zero attached hydrogens (tertiary/aromatic N) is 4. The lowest BCUT2D eigenvalue weighted by molar-refractivity contribution is -0.137. The molecule has 0 aliphatic carbocycles. The van der Waals surface area contributed by atoms with E-state index in [1.165, 1.54) is 12.0 Å². The lowest BCUT2D eigenvalue weighted by Crippen LogP contribution is -2.37. The zero-order valence-electron chi connectivity index (χ0n) is 11.0. The summed E-state index contributed by atoms with van der Waals surface area (Å²) in [6.07, 6.45) is -0.794. The molecule has 1 aliphatic rings. The van der Waals surface area contributed by atoms with Gasteiger partial charge in [0.25, 0.3) is 0 Å². The Kier molecular flexibility index (Phi) is 6.84. The third-order valence-corrected chi connectivity index (χ3v) is 4.42. The Balaban J connectivity index is 2.58.